The van der Waals surface area contributed by atoms with Crippen LogP contribution in [0.1, 0.15) is 22.3 Å². The maximum atomic E-state index is 6.62. The van der Waals surface area contributed by atoms with Gasteiger partial charge in [0, 0.05) is 37.9 Å². The fourth-order valence-electron chi connectivity index (χ4n) is 8.97. The Hall–Kier alpha value is -6.81. The minimum Gasteiger partial charge on any atom is -0.457 e. The molecule has 0 saturated carbocycles. The normalized spacial score (nSPS) is 13.2. The Kier molecular flexibility index (Phi) is 7.68. The van der Waals surface area contributed by atoms with E-state index >= 15 is 0 Å². The summed E-state index contributed by atoms with van der Waals surface area (Å²) in [5.74, 6) is 1.79. The second kappa shape index (κ2) is 13.2. The van der Waals surface area contributed by atoms with Gasteiger partial charge in [0.1, 0.15) is 11.5 Å². The van der Waals surface area contributed by atoms with Gasteiger partial charge in [-0.25, -0.2) is 0 Å². The molecule has 0 fully saturated rings. The van der Waals surface area contributed by atoms with Gasteiger partial charge in [-0.15, -0.1) is 0 Å². The van der Waals surface area contributed by atoms with Gasteiger partial charge in [0.25, 0.3) is 0 Å². The fraction of sp³-hybridized carbons (Fsp3) is 0.0189. The molecule has 11 rings (SSSR count). The molecule has 2 heterocycles. The van der Waals surface area contributed by atoms with Crippen LogP contribution in [0.3, 0.4) is 0 Å². The first-order chi connectivity index (χ1) is 27.8. The quantitative estimate of drug-likeness (QED) is 0.175. The first-order valence-corrected chi connectivity index (χ1v) is 19.9. The van der Waals surface area contributed by atoms with Crippen LogP contribution in [0, 0.1) is 0 Å². The number of nitrogens with zero attached hydrogens (tertiary/aromatic N) is 1. The zero-order valence-electron chi connectivity index (χ0n) is 30.5. The van der Waals surface area contributed by atoms with E-state index in [1.54, 1.807) is 0 Å². The number of hydrogen-bond acceptors (Lipinski definition) is 3. The Labute approximate surface area is 331 Å². The Balaban J connectivity index is 1.13. The summed E-state index contributed by atoms with van der Waals surface area (Å²) in [6.45, 7) is 0. The zero-order chi connectivity index (χ0) is 37.1. The van der Waals surface area contributed by atoms with Crippen molar-refractivity contribution in [3.8, 4) is 33.8 Å². The van der Waals surface area contributed by atoms with Gasteiger partial charge in [-0.05, 0) is 87.1 Å². The molecule has 0 aliphatic carbocycles. The molecule has 0 N–H and O–H groups in total. The van der Waals surface area contributed by atoms with Crippen molar-refractivity contribution < 1.29 is 4.74 Å². The molecule has 264 valence electrons. The van der Waals surface area contributed by atoms with Crippen LogP contribution in [0.15, 0.2) is 222 Å². The highest BCUT2D eigenvalue weighted by molar-refractivity contribution is 7.99. The average molecular weight is 734 g/mol. The lowest BCUT2D eigenvalue weighted by Crippen LogP contribution is -2.36. The number of ether oxygens (including phenoxy) is 1. The van der Waals surface area contributed by atoms with E-state index in [-0.39, 0.29) is 0 Å². The van der Waals surface area contributed by atoms with Gasteiger partial charge >= 0.3 is 0 Å². The van der Waals surface area contributed by atoms with Gasteiger partial charge in [0.2, 0.25) is 0 Å². The molecule has 9 aromatic carbocycles. The summed E-state index contributed by atoms with van der Waals surface area (Å²) in [5.41, 5.74) is 12.4. The predicted octanol–water partition coefficient (Wildman–Crippen LogP) is 14.6. The number of para-hydroxylation sites is 3. The van der Waals surface area contributed by atoms with Crippen LogP contribution >= 0.6 is 11.8 Å². The number of benzene rings is 9. The van der Waals surface area contributed by atoms with Gasteiger partial charge in [-0.2, -0.15) is 0 Å². The maximum Gasteiger partial charge on any atom is 0.132 e. The van der Waals surface area contributed by atoms with Gasteiger partial charge in [-0.1, -0.05) is 176 Å². The van der Waals surface area contributed by atoms with Crippen molar-refractivity contribution in [1.82, 2.24) is 0 Å². The third-order valence-corrected chi connectivity index (χ3v) is 12.5. The van der Waals surface area contributed by atoms with Gasteiger partial charge in [-0.3, -0.25) is 0 Å². The van der Waals surface area contributed by atoms with Crippen LogP contribution in [0.2, 0.25) is 0 Å². The fourth-order valence-corrected chi connectivity index (χ4v) is 10.2. The molecule has 2 nitrogen and oxygen atoms in total. The lowest BCUT2D eigenvalue weighted by atomic mass is 9.63. The second-order valence-corrected chi connectivity index (χ2v) is 15.5. The summed E-state index contributed by atoms with van der Waals surface area (Å²) in [6, 6.07) is 76.8. The van der Waals surface area contributed by atoms with E-state index in [1.807, 2.05) is 11.8 Å². The topological polar surface area (TPSA) is 12.5 Å². The molecule has 0 radical (unpaired) electrons. The Bertz CT molecular complexity index is 2870. The SMILES string of the molecule is c1ccc(-c2ccccc2N(c2ccc(-c3cccc4ccccc34)cc2)c2ccc3c(c2)Sc2ccccc2C32c3ccccc3Oc3ccccc32)cc1. The van der Waals surface area contributed by atoms with Crippen LogP contribution in [-0.2, 0) is 5.41 Å². The molecular formula is C53H35NOS. The first kappa shape index (κ1) is 32.6. The molecular weight excluding hydrogens is 699 g/mol. The molecule has 56 heavy (non-hydrogen) atoms. The largest absolute Gasteiger partial charge is 0.457 e. The van der Waals surface area contributed by atoms with Crippen molar-refractivity contribution in [2.24, 2.45) is 0 Å². The minimum absolute atomic E-state index is 0.548. The first-order valence-electron chi connectivity index (χ1n) is 19.1. The van der Waals surface area contributed by atoms with E-state index in [1.165, 1.54) is 53.9 Å². The van der Waals surface area contributed by atoms with Crippen molar-refractivity contribution in [2.75, 3.05) is 4.90 Å². The molecule has 0 aromatic heterocycles. The highest BCUT2D eigenvalue weighted by atomic mass is 32.2. The third-order valence-electron chi connectivity index (χ3n) is 11.4. The molecule has 0 unspecified atom stereocenters. The van der Waals surface area contributed by atoms with Crippen molar-refractivity contribution in [2.45, 2.75) is 15.2 Å². The molecule has 2 aliphatic heterocycles. The Morgan fingerprint density at radius 1 is 0.393 bits per heavy atom. The van der Waals surface area contributed by atoms with E-state index in [0.29, 0.717) is 0 Å². The predicted molar refractivity (Wildman–Crippen MR) is 232 cm³/mol. The molecule has 2 aliphatic rings. The van der Waals surface area contributed by atoms with Crippen LogP contribution in [0.25, 0.3) is 33.0 Å². The molecule has 0 bridgehead atoms. The molecule has 9 aromatic rings. The molecule has 0 saturated heterocycles. The number of anilines is 3. The van der Waals surface area contributed by atoms with Crippen LogP contribution < -0.4 is 9.64 Å². The van der Waals surface area contributed by atoms with E-state index in [4.69, 9.17) is 4.74 Å². The van der Waals surface area contributed by atoms with Crippen molar-refractivity contribution in [1.29, 1.82) is 0 Å². The smallest absolute Gasteiger partial charge is 0.132 e. The summed E-state index contributed by atoms with van der Waals surface area (Å²) >= 11 is 1.86. The van der Waals surface area contributed by atoms with Crippen LogP contribution in [0.4, 0.5) is 17.1 Å². The van der Waals surface area contributed by atoms with Gasteiger partial charge in [0.15, 0.2) is 0 Å². The molecule has 0 amide bonds. The summed E-state index contributed by atoms with van der Waals surface area (Å²) in [6.07, 6.45) is 0. The maximum absolute atomic E-state index is 6.62. The summed E-state index contributed by atoms with van der Waals surface area (Å²) in [7, 11) is 0. The summed E-state index contributed by atoms with van der Waals surface area (Å²) in [4.78, 5) is 4.90. The highest BCUT2D eigenvalue weighted by Crippen LogP contribution is 2.62. The number of fused-ring (bicyclic) bond motifs is 9. The van der Waals surface area contributed by atoms with Crippen molar-refractivity contribution in [3.63, 3.8) is 0 Å². The summed E-state index contributed by atoms with van der Waals surface area (Å²) in [5, 5.41) is 2.50. The lowest BCUT2D eigenvalue weighted by Gasteiger charge is -2.45. The number of rotatable bonds is 5. The monoisotopic (exact) mass is 733 g/mol. The number of hydrogen-bond donors (Lipinski definition) is 0. The highest BCUT2D eigenvalue weighted by Gasteiger charge is 2.49. The minimum atomic E-state index is -0.548. The van der Waals surface area contributed by atoms with Crippen LogP contribution in [0.5, 0.6) is 11.5 Å². The Morgan fingerprint density at radius 2 is 0.964 bits per heavy atom. The Morgan fingerprint density at radius 3 is 1.77 bits per heavy atom. The zero-order valence-corrected chi connectivity index (χ0v) is 31.3. The van der Waals surface area contributed by atoms with E-state index < -0.39 is 5.41 Å². The second-order valence-electron chi connectivity index (χ2n) is 14.4. The van der Waals surface area contributed by atoms with E-state index in [9.17, 15) is 0 Å². The third kappa shape index (κ3) is 5.05. The van der Waals surface area contributed by atoms with E-state index in [2.05, 4.69) is 217 Å². The molecule has 1 spiro atoms. The van der Waals surface area contributed by atoms with Crippen LogP contribution in [-0.4, -0.2) is 0 Å². The van der Waals surface area contributed by atoms with Gasteiger partial charge < -0.3 is 9.64 Å². The average Bonchev–Trinajstić information content (AvgIpc) is 3.27. The standard InChI is InChI=1S/C53H35NOS/c1-2-15-37(16-3-1)43-20-6-10-25-48(43)54(39-31-29-38(30-32-39)42-21-14-18-36-17-4-5-19-41(36)42)40-33-34-47-52(35-40)56-51-28-13-9-24-46(51)53(47)44-22-7-11-26-49(44)55-50-27-12-8-23-45(50)53/h1-35H. The molecule has 3 heteroatoms. The van der Waals surface area contributed by atoms with Gasteiger partial charge in [0.05, 0.1) is 11.1 Å². The van der Waals surface area contributed by atoms with E-state index in [0.717, 1.165) is 39.7 Å². The lowest BCUT2D eigenvalue weighted by molar-refractivity contribution is 0.431. The van der Waals surface area contributed by atoms with Crippen molar-refractivity contribution in [3.05, 3.63) is 235 Å². The molecule has 0 atom stereocenters. The van der Waals surface area contributed by atoms with Crippen molar-refractivity contribution >= 4 is 39.6 Å². The summed E-state index contributed by atoms with van der Waals surface area (Å²) < 4.78 is 6.62.